The number of nitrogens with one attached hydrogen (secondary N) is 1. The number of rotatable bonds is 4. The largest absolute Gasteiger partial charge is 0.332 e. The van der Waals surface area contributed by atoms with Crippen LogP contribution in [0.25, 0.3) is 11.2 Å². The lowest BCUT2D eigenvalue weighted by Crippen LogP contribution is -2.37. The van der Waals surface area contributed by atoms with Gasteiger partial charge in [-0.2, -0.15) is 10.1 Å². The SMILES string of the molecule is CC(C)c1ccc(C=NNc2nc3c(c(=O)n(C)c(=O)n3C)n2C)cc1. The van der Waals surface area contributed by atoms with E-state index in [1.165, 1.54) is 17.2 Å². The summed E-state index contributed by atoms with van der Waals surface area (Å²) in [7, 11) is 4.74. The fourth-order valence-electron chi connectivity index (χ4n) is 2.75. The van der Waals surface area contributed by atoms with Crippen LogP contribution in [0.1, 0.15) is 30.9 Å². The van der Waals surface area contributed by atoms with Crippen molar-refractivity contribution in [3.8, 4) is 0 Å². The second kappa shape index (κ2) is 6.62. The Hall–Kier alpha value is -3.16. The van der Waals surface area contributed by atoms with Crippen LogP contribution < -0.4 is 16.7 Å². The summed E-state index contributed by atoms with van der Waals surface area (Å²) in [6, 6.07) is 8.13. The number of aryl methyl sites for hydroxylation is 2. The van der Waals surface area contributed by atoms with Crippen LogP contribution in [0.15, 0.2) is 39.0 Å². The summed E-state index contributed by atoms with van der Waals surface area (Å²) in [5.74, 6) is 0.863. The molecule has 0 saturated heterocycles. The van der Waals surface area contributed by atoms with Crippen LogP contribution in [0.5, 0.6) is 0 Å². The number of fused-ring (bicyclic) bond motifs is 1. The van der Waals surface area contributed by atoms with Crippen molar-refractivity contribution in [2.75, 3.05) is 5.43 Å². The predicted octanol–water partition coefficient (Wildman–Crippen LogP) is 1.54. The third-order valence-corrected chi connectivity index (χ3v) is 4.46. The quantitative estimate of drug-likeness (QED) is 0.569. The Kier molecular flexibility index (Phi) is 4.50. The number of anilines is 1. The van der Waals surface area contributed by atoms with Crippen LogP contribution in [-0.2, 0) is 21.1 Å². The Bertz CT molecular complexity index is 1100. The Labute approximate surface area is 150 Å². The van der Waals surface area contributed by atoms with Gasteiger partial charge < -0.3 is 4.57 Å². The first kappa shape index (κ1) is 17.7. The monoisotopic (exact) mass is 354 g/mol. The fourth-order valence-corrected chi connectivity index (χ4v) is 2.75. The Morgan fingerprint density at radius 3 is 2.31 bits per heavy atom. The highest BCUT2D eigenvalue weighted by atomic mass is 16.2. The lowest BCUT2D eigenvalue weighted by atomic mass is 10.0. The normalized spacial score (nSPS) is 11.8. The van der Waals surface area contributed by atoms with Gasteiger partial charge in [-0.25, -0.2) is 10.2 Å². The molecule has 0 bridgehead atoms. The van der Waals surface area contributed by atoms with Crippen molar-refractivity contribution in [3.05, 3.63) is 56.2 Å². The number of hydrogen-bond donors (Lipinski definition) is 1. The summed E-state index contributed by atoms with van der Waals surface area (Å²) in [5, 5.41) is 4.19. The molecule has 8 nitrogen and oxygen atoms in total. The maximum Gasteiger partial charge on any atom is 0.332 e. The average Bonchev–Trinajstić information content (AvgIpc) is 2.95. The van der Waals surface area contributed by atoms with Gasteiger partial charge in [-0.3, -0.25) is 13.9 Å². The Morgan fingerprint density at radius 2 is 1.69 bits per heavy atom. The lowest BCUT2D eigenvalue weighted by Gasteiger charge is -2.04. The standard InChI is InChI=1S/C18H22N6O2/c1-11(2)13-8-6-12(7-9-13)10-19-21-17-20-15-14(22(17)3)16(25)24(5)18(26)23(15)4/h6-11H,1-5H3,(H,20,21). The lowest BCUT2D eigenvalue weighted by molar-refractivity contribution is 0.705. The number of aromatic nitrogens is 4. The maximum atomic E-state index is 12.3. The molecule has 3 rings (SSSR count). The molecule has 0 unspecified atom stereocenters. The van der Waals surface area contributed by atoms with Gasteiger partial charge in [-0.1, -0.05) is 38.1 Å². The summed E-state index contributed by atoms with van der Waals surface area (Å²) in [4.78, 5) is 28.7. The molecule has 0 fully saturated rings. The number of hydrogen-bond acceptors (Lipinski definition) is 5. The molecular formula is C18H22N6O2. The Balaban J connectivity index is 1.91. The first-order valence-corrected chi connectivity index (χ1v) is 8.32. The van der Waals surface area contributed by atoms with Crippen molar-refractivity contribution in [3.63, 3.8) is 0 Å². The minimum atomic E-state index is -0.416. The van der Waals surface area contributed by atoms with E-state index in [9.17, 15) is 9.59 Å². The molecule has 0 radical (unpaired) electrons. The summed E-state index contributed by atoms with van der Waals surface area (Å²) < 4.78 is 4.00. The van der Waals surface area contributed by atoms with E-state index >= 15 is 0 Å². The van der Waals surface area contributed by atoms with Gasteiger partial charge in [-0.15, -0.1) is 0 Å². The molecule has 1 N–H and O–H groups in total. The van der Waals surface area contributed by atoms with Crippen LogP contribution in [0, 0.1) is 0 Å². The van der Waals surface area contributed by atoms with E-state index in [1.807, 2.05) is 12.1 Å². The molecule has 0 amide bonds. The molecule has 26 heavy (non-hydrogen) atoms. The predicted molar refractivity (Wildman–Crippen MR) is 103 cm³/mol. The molecule has 3 aromatic rings. The minimum absolute atomic E-state index is 0.319. The first-order valence-electron chi connectivity index (χ1n) is 8.32. The van der Waals surface area contributed by atoms with Crippen LogP contribution in [0.4, 0.5) is 5.95 Å². The molecule has 1 aromatic carbocycles. The van der Waals surface area contributed by atoms with Crippen molar-refractivity contribution < 1.29 is 0 Å². The average molecular weight is 354 g/mol. The molecule has 0 aliphatic rings. The minimum Gasteiger partial charge on any atom is -0.306 e. The van der Waals surface area contributed by atoms with E-state index < -0.39 is 5.69 Å². The molecule has 2 aromatic heterocycles. The van der Waals surface area contributed by atoms with Gasteiger partial charge in [-0.05, 0) is 17.0 Å². The number of imidazole rings is 1. The molecule has 2 heterocycles. The molecular weight excluding hydrogens is 332 g/mol. The topological polar surface area (TPSA) is 86.2 Å². The number of nitrogens with zero attached hydrogens (tertiary/aromatic N) is 5. The summed E-state index contributed by atoms with van der Waals surface area (Å²) >= 11 is 0. The summed E-state index contributed by atoms with van der Waals surface area (Å²) in [6.07, 6.45) is 1.68. The van der Waals surface area contributed by atoms with Gasteiger partial charge in [0.25, 0.3) is 5.56 Å². The van der Waals surface area contributed by atoms with E-state index in [0.717, 1.165) is 10.1 Å². The van der Waals surface area contributed by atoms with Gasteiger partial charge >= 0.3 is 5.69 Å². The van der Waals surface area contributed by atoms with Gasteiger partial charge in [0.2, 0.25) is 5.95 Å². The van der Waals surface area contributed by atoms with Crippen LogP contribution >= 0.6 is 0 Å². The molecule has 0 saturated carbocycles. The molecule has 136 valence electrons. The second-order valence-electron chi connectivity index (χ2n) is 6.56. The zero-order chi connectivity index (χ0) is 19.0. The van der Waals surface area contributed by atoms with E-state index in [2.05, 4.69) is 41.5 Å². The number of benzene rings is 1. The van der Waals surface area contributed by atoms with Gasteiger partial charge in [0.05, 0.1) is 6.21 Å². The molecule has 8 heteroatoms. The van der Waals surface area contributed by atoms with Crippen molar-refractivity contribution >= 4 is 23.3 Å². The Morgan fingerprint density at radius 1 is 1.04 bits per heavy atom. The zero-order valence-electron chi connectivity index (χ0n) is 15.5. The molecule has 0 aliphatic carbocycles. The van der Waals surface area contributed by atoms with E-state index in [1.54, 1.807) is 24.9 Å². The summed E-state index contributed by atoms with van der Waals surface area (Å²) in [6.45, 7) is 4.29. The van der Waals surface area contributed by atoms with Gasteiger partial charge in [0.1, 0.15) is 0 Å². The van der Waals surface area contributed by atoms with Crippen LogP contribution in [0.3, 0.4) is 0 Å². The fraction of sp³-hybridized carbons (Fsp3) is 0.333. The van der Waals surface area contributed by atoms with Crippen LogP contribution in [0.2, 0.25) is 0 Å². The second-order valence-corrected chi connectivity index (χ2v) is 6.56. The molecule has 0 spiro atoms. The smallest absolute Gasteiger partial charge is 0.306 e. The van der Waals surface area contributed by atoms with Crippen molar-refractivity contribution in [1.82, 2.24) is 18.7 Å². The molecule has 0 atom stereocenters. The van der Waals surface area contributed by atoms with Crippen molar-refractivity contribution in [2.24, 2.45) is 26.2 Å². The maximum absolute atomic E-state index is 12.3. The highest BCUT2D eigenvalue weighted by Gasteiger charge is 2.16. The third kappa shape index (κ3) is 2.94. The molecule has 0 aliphatic heterocycles. The third-order valence-electron chi connectivity index (χ3n) is 4.46. The highest BCUT2D eigenvalue weighted by molar-refractivity contribution is 5.80. The van der Waals surface area contributed by atoms with E-state index in [-0.39, 0.29) is 5.56 Å². The van der Waals surface area contributed by atoms with Gasteiger partial charge in [0.15, 0.2) is 11.2 Å². The number of hydrazone groups is 1. The van der Waals surface area contributed by atoms with Gasteiger partial charge in [0, 0.05) is 21.1 Å². The van der Waals surface area contributed by atoms with Crippen molar-refractivity contribution in [1.29, 1.82) is 0 Å². The highest BCUT2D eigenvalue weighted by Crippen LogP contribution is 2.15. The van der Waals surface area contributed by atoms with Crippen molar-refractivity contribution in [2.45, 2.75) is 19.8 Å². The first-order chi connectivity index (χ1) is 12.3. The summed E-state index contributed by atoms with van der Waals surface area (Å²) in [5.41, 5.74) is 4.91. The van der Waals surface area contributed by atoms with Crippen LogP contribution in [-0.4, -0.2) is 24.9 Å². The zero-order valence-corrected chi connectivity index (χ0v) is 15.5. The van der Waals surface area contributed by atoms with E-state index in [0.29, 0.717) is 23.0 Å². The van der Waals surface area contributed by atoms with E-state index in [4.69, 9.17) is 0 Å².